The van der Waals surface area contributed by atoms with Crippen molar-refractivity contribution in [3.05, 3.63) is 77.9 Å². The highest BCUT2D eigenvalue weighted by molar-refractivity contribution is 6.10. The predicted octanol–water partition coefficient (Wildman–Crippen LogP) is 1.77. The Kier molecular flexibility index (Phi) is 5.63. The second kappa shape index (κ2) is 8.39. The molecule has 8 nitrogen and oxygen atoms in total. The average Bonchev–Trinajstić information content (AvgIpc) is 3.23. The molecule has 4 atom stereocenters. The van der Waals surface area contributed by atoms with Gasteiger partial charge in [-0.25, -0.2) is 0 Å². The molecule has 0 bridgehead atoms. The van der Waals surface area contributed by atoms with E-state index in [9.17, 15) is 29.4 Å². The van der Waals surface area contributed by atoms with Crippen LogP contribution < -0.4 is 5.32 Å². The molecule has 0 aliphatic carbocycles. The third kappa shape index (κ3) is 3.69. The van der Waals surface area contributed by atoms with Gasteiger partial charge in [0, 0.05) is 6.04 Å². The topological polar surface area (TPSA) is 124 Å². The molecule has 8 heteroatoms. The maximum Gasteiger partial charge on any atom is 0.325 e. The molecule has 2 aliphatic rings. The molecule has 2 aromatic carbocycles. The molecule has 32 heavy (non-hydrogen) atoms. The zero-order chi connectivity index (χ0) is 22.9. The van der Waals surface area contributed by atoms with Crippen LogP contribution in [0.4, 0.5) is 0 Å². The molecule has 164 valence electrons. The predicted molar refractivity (Wildman–Crippen MR) is 114 cm³/mol. The second-order valence-corrected chi connectivity index (χ2v) is 8.04. The minimum atomic E-state index is -2.08. The van der Waals surface area contributed by atoms with Crippen molar-refractivity contribution >= 4 is 29.8 Å². The van der Waals surface area contributed by atoms with Gasteiger partial charge >= 0.3 is 11.9 Å². The molecule has 4 unspecified atom stereocenters. The number of hydrogen-bond acceptors (Lipinski definition) is 5. The van der Waals surface area contributed by atoms with Crippen LogP contribution in [0, 0.1) is 11.8 Å². The van der Waals surface area contributed by atoms with Crippen LogP contribution in [0.3, 0.4) is 0 Å². The van der Waals surface area contributed by atoms with Gasteiger partial charge in [-0.05, 0) is 11.1 Å². The molecular formula is C24H22N2O6. The number of fused-ring (bicyclic) bond motifs is 1. The Morgan fingerprint density at radius 2 is 1.59 bits per heavy atom. The summed E-state index contributed by atoms with van der Waals surface area (Å²) in [5.74, 6) is -6.34. The van der Waals surface area contributed by atoms with E-state index < -0.39 is 53.6 Å². The highest BCUT2D eigenvalue weighted by atomic mass is 16.4. The van der Waals surface area contributed by atoms with E-state index in [2.05, 4.69) is 5.32 Å². The molecule has 2 amide bonds. The standard InChI is InChI=1S/C24H22N2O6/c27-18(28)13-24(23(31)32)20-19(17(25-24)12-11-15-7-3-1-4-8-15)21(29)26(22(20)30)14-16-9-5-2-6-10-16/h1-12,17,19-20,25H,13-14H2,(H,27,28)(H,31,32)/b12-11+. The normalized spacial score (nSPS) is 27.1. The smallest absolute Gasteiger partial charge is 0.325 e. The van der Waals surface area contributed by atoms with Crippen molar-refractivity contribution in [2.24, 2.45) is 11.8 Å². The SMILES string of the molecule is O=C(O)CC1(C(=O)O)NC(/C=C/c2ccccc2)C2C(=O)N(Cc3ccccc3)C(=O)C21. The van der Waals surface area contributed by atoms with Gasteiger partial charge < -0.3 is 10.2 Å². The average molecular weight is 434 g/mol. The summed E-state index contributed by atoms with van der Waals surface area (Å²) >= 11 is 0. The Balaban J connectivity index is 1.73. The summed E-state index contributed by atoms with van der Waals surface area (Å²) in [6.45, 7) is 0.00337. The number of nitrogens with one attached hydrogen (secondary N) is 1. The minimum Gasteiger partial charge on any atom is -0.481 e. The van der Waals surface area contributed by atoms with Gasteiger partial charge in [-0.3, -0.25) is 29.4 Å². The number of imide groups is 1. The Hall–Kier alpha value is -3.78. The van der Waals surface area contributed by atoms with Crippen LogP contribution in [-0.2, 0) is 25.7 Å². The first-order valence-corrected chi connectivity index (χ1v) is 10.2. The number of benzene rings is 2. The number of likely N-dealkylation sites (tertiary alicyclic amines) is 1. The van der Waals surface area contributed by atoms with Crippen molar-refractivity contribution in [2.75, 3.05) is 0 Å². The van der Waals surface area contributed by atoms with Crippen molar-refractivity contribution in [1.82, 2.24) is 10.2 Å². The first-order valence-electron chi connectivity index (χ1n) is 10.2. The molecule has 2 fully saturated rings. The molecule has 4 rings (SSSR count). The Morgan fingerprint density at radius 1 is 0.969 bits per heavy atom. The molecule has 2 saturated heterocycles. The van der Waals surface area contributed by atoms with E-state index >= 15 is 0 Å². The van der Waals surface area contributed by atoms with E-state index in [0.29, 0.717) is 0 Å². The number of carboxylic acid groups (broad SMARTS) is 2. The van der Waals surface area contributed by atoms with Gasteiger partial charge in [0.1, 0.15) is 5.54 Å². The Labute approximate surface area is 184 Å². The van der Waals surface area contributed by atoms with Crippen LogP contribution in [0.15, 0.2) is 66.7 Å². The number of carbonyl (C=O) groups is 4. The van der Waals surface area contributed by atoms with E-state index in [4.69, 9.17) is 0 Å². The van der Waals surface area contributed by atoms with Gasteiger partial charge in [0.2, 0.25) is 11.8 Å². The highest BCUT2D eigenvalue weighted by Gasteiger charge is 2.68. The first-order chi connectivity index (χ1) is 15.3. The monoisotopic (exact) mass is 434 g/mol. The minimum absolute atomic E-state index is 0.00337. The summed E-state index contributed by atoms with van der Waals surface area (Å²) in [7, 11) is 0. The Bertz CT molecular complexity index is 1080. The maximum atomic E-state index is 13.3. The molecule has 2 aliphatic heterocycles. The fraction of sp³-hybridized carbons (Fsp3) is 0.250. The second-order valence-electron chi connectivity index (χ2n) is 8.04. The van der Waals surface area contributed by atoms with Crippen LogP contribution in [0.25, 0.3) is 6.08 Å². The Morgan fingerprint density at radius 3 is 2.19 bits per heavy atom. The van der Waals surface area contributed by atoms with Crippen LogP contribution >= 0.6 is 0 Å². The summed E-state index contributed by atoms with van der Waals surface area (Å²) in [6, 6.07) is 17.3. The van der Waals surface area contributed by atoms with Crippen molar-refractivity contribution in [3.63, 3.8) is 0 Å². The highest BCUT2D eigenvalue weighted by Crippen LogP contribution is 2.45. The lowest BCUT2D eigenvalue weighted by atomic mass is 9.78. The van der Waals surface area contributed by atoms with E-state index in [0.717, 1.165) is 16.0 Å². The van der Waals surface area contributed by atoms with E-state index in [1.165, 1.54) is 0 Å². The van der Waals surface area contributed by atoms with Crippen LogP contribution in [0.2, 0.25) is 0 Å². The summed E-state index contributed by atoms with van der Waals surface area (Å²) in [5.41, 5.74) is -0.534. The number of hydrogen-bond donors (Lipinski definition) is 3. The third-order valence-corrected chi connectivity index (χ3v) is 6.08. The van der Waals surface area contributed by atoms with Gasteiger partial charge in [0.15, 0.2) is 0 Å². The third-order valence-electron chi connectivity index (χ3n) is 6.08. The summed E-state index contributed by atoms with van der Waals surface area (Å²) < 4.78 is 0. The van der Waals surface area contributed by atoms with E-state index in [1.807, 2.05) is 36.4 Å². The molecular weight excluding hydrogens is 412 g/mol. The lowest BCUT2D eigenvalue weighted by Crippen LogP contribution is -2.57. The summed E-state index contributed by atoms with van der Waals surface area (Å²) in [6.07, 6.45) is 2.54. The number of nitrogens with zero attached hydrogens (tertiary/aromatic N) is 1. The molecule has 3 N–H and O–H groups in total. The quantitative estimate of drug-likeness (QED) is 0.568. The van der Waals surface area contributed by atoms with Crippen LogP contribution in [0.5, 0.6) is 0 Å². The van der Waals surface area contributed by atoms with E-state index in [1.54, 1.807) is 36.4 Å². The zero-order valence-electron chi connectivity index (χ0n) is 17.0. The summed E-state index contributed by atoms with van der Waals surface area (Å²) in [4.78, 5) is 51.5. The lowest BCUT2D eigenvalue weighted by Gasteiger charge is -2.29. The van der Waals surface area contributed by atoms with Crippen molar-refractivity contribution < 1.29 is 29.4 Å². The molecule has 0 aromatic heterocycles. The number of aliphatic carboxylic acids is 2. The van der Waals surface area contributed by atoms with Crippen molar-refractivity contribution in [2.45, 2.75) is 24.5 Å². The van der Waals surface area contributed by atoms with E-state index in [-0.39, 0.29) is 6.54 Å². The molecule has 0 spiro atoms. The van der Waals surface area contributed by atoms with Crippen LogP contribution in [0.1, 0.15) is 17.5 Å². The lowest BCUT2D eigenvalue weighted by molar-refractivity contribution is -0.156. The number of carbonyl (C=O) groups excluding carboxylic acids is 2. The van der Waals surface area contributed by atoms with Crippen molar-refractivity contribution in [1.29, 1.82) is 0 Å². The molecule has 2 aromatic rings. The van der Waals surface area contributed by atoms with Crippen molar-refractivity contribution in [3.8, 4) is 0 Å². The fourth-order valence-corrected chi connectivity index (χ4v) is 4.65. The molecule has 0 radical (unpaired) electrons. The van der Waals surface area contributed by atoms with Crippen LogP contribution in [-0.4, -0.2) is 50.4 Å². The maximum absolute atomic E-state index is 13.3. The van der Waals surface area contributed by atoms with Gasteiger partial charge in [-0.15, -0.1) is 0 Å². The fourth-order valence-electron chi connectivity index (χ4n) is 4.65. The van der Waals surface area contributed by atoms with Gasteiger partial charge in [-0.1, -0.05) is 72.8 Å². The van der Waals surface area contributed by atoms with Gasteiger partial charge in [-0.2, -0.15) is 0 Å². The molecule has 0 saturated carbocycles. The number of carboxylic acids is 2. The first kappa shape index (κ1) is 21.5. The summed E-state index contributed by atoms with van der Waals surface area (Å²) in [5, 5.41) is 22.3. The van der Waals surface area contributed by atoms with Gasteiger partial charge in [0.05, 0.1) is 24.8 Å². The molecule has 2 heterocycles. The largest absolute Gasteiger partial charge is 0.481 e. The number of rotatable bonds is 7. The number of amides is 2. The van der Waals surface area contributed by atoms with Gasteiger partial charge in [0.25, 0.3) is 0 Å². The zero-order valence-corrected chi connectivity index (χ0v) is 17.0.